The molecule has 136 valence electrons. The Bertz CT molecular complexity index is 781. The van der Waals surface area contributed by atoms with Crippen LogP contribution >= 0.6 is 0 Å². The molecule has 0 fully saturated rings. The molecule has 4 heteroatoms. The molecular weight excluding hydrogens is 328 g/mol. The lowest BCUT2D eigenvalue weighted by Gasteiger charge is -2.24. The maximum atomic E-state index is 12.4. The van der Waals surface area contributed by atoms with Crippen molar-refractivity contribution in [3.05, 3.63) is 59.7 Å². The minimum absolute atomic E-state index is 0.0200. The standard InChI is InChI=1S/C22H24O4/c1-4-22(2,21(24)25-3)13-20(23)26-14-19-17-11-7-5-9-15(17)16-10-6-8-12-18(16)19/h5-12,19H,4,13-14H2,1-3H3. The van der Waals surface area contributed by atoms with Gasteiger partial charge in [0, 0.05) is 5.92 Å². The summed E-state index contributed by atoms with van der Waals surface area (Å²) in [4.78, 5) is 24.3. The SMILES string of the molecule is CCC(C)(CC(=O)OCC1c2ccccc2-c2ccccc21)C(=O)OC. The molecule has 0 spiro atoms. The Morgan fingerprint density at radius 3 is 2.04 bits per heavy atom. The van der Waals surface area contributed by atoms with Crippen molar-refractivity contribution in [3.63, 3.8) is 0 Å². The lowest BCUT2D eigenvalue weighted by molar-refractivity contribution is -0.160. The van der Waals surface area contributed by atoms with Crippen LogP contribution in [0.2, 0.25) is 0 Å². The summed E-state index contributed by atoms with van der Waals surface area (Å²) in [5, 5.41) is 0. The molecule has 1 atom stereocenters. The zero-order chi connectivity index (χ0) is 18.7. The largest absolute Gasteiger partial charge is 0.469 e. The van der Waals surface area contributed by atoms with Gasteiger partial charge in [-0.2, -0.15) is 0 Å². The molecule has 3 rings (SSSR count). The summed E-state index contributed by atoms with van der Waals surface area (Å²) in [6.07, 6.45) is 0.538. The highest BCUT2D eigenvalue weighted by molar-refractivity contribution is 5.83. The zero-order valence-corrected chi connectivity index (χ0v) is 15.5. The van der Waals surface area contributed by atoms with Gasteiger partial charge in [0.15, 0.2) is 0 Å². The monoisotopic (exact) mass is 352 g/mol. The van der Waals surface area contributed by atoms with E-state index in [9.17, 15) is 9.59 Å². The first-order valence-electron chi connectivity index (χ1n) is 8.92. The van der Waals surface area contributed by atoms with E-state index in [0.29, 0.717) is 6.42 Å². The van der Waals surface area contributed by atoms with Crippen molar-refractivity contribution in [2.24, 2.45) is 5.41 Å². The van der Waals surface area contributed by atoms with Crippen molar-refractivity contribution in [2.75, 3.05) is 13.7 Å². The molecule has 26 heavy (non-hydrogen) atoms. The molecule has 4 nitrogen and oxygen atoms in total. The molecule has 0 heterocycles. The molecule has 0 amide bonds. The lowest BCUT2D eigenvalue weighted by Crippen LogP contribution is -2.32. The Morgan fingerprint density at radius 1 is 1.00 bits per heavy atom. The maximum Gasteiger partial charge on any atom is 0.312 e. The third-order valence-electron chi connectivity index (χ3n) is 5.37. The Balaban J connectivity index is 1.74. The molecule has 0 aliphatic heterocycles. The zero-order valence-electron chi connectivity index (χ0n) is 15.5. The summed E-state index contributed by atoms with van der Waals surface area (Å²) in [5.41, 5.74) is 3.88. The van der Waals surface area contributed by atoms with Crippen molar-refractivity contribution >= 4 is 11.9 Å². The molecule has 2 aromatic carbocycles. The molecule has 0 bridgehead atoms. The minimum Gasteiger partial charge on any atom is -0.469 e. The minimum atomic E-state index is -0.850. The maximum absolute atomic E-state index is 12.4. The van der Waals surface area contributed by atoms with Crippen LogP contribution in [0, 0.1) is 5.41 Å². The average Bonchev–Trinajstić information content (AvgIpc) is 2.99. The predicted octanol–water partition coefficient (Wildman–Crippen LogP) is 4.32. The van der Waals surface area contributed by atoms with E-state index in [4.69, 9.17) is 9.47 Å². The number of carbonyl (C=O) groups excluding carboxylic acids is 2. The van der Waals surface area contributed by atoms with Crippen LogP contribution in [0.5, 0.6) is 0 Å². The van der Waals surface area contributed by atoms with Crippen LogP contribution in [0.25, 0.3) is 11.1 Å². The molecule has 0 radical (unpaired) electrons. The van der Waals surface area contributed by atoms with Gasteiger partial charge in [0.1, 0.15) is 6.61 Å². The Labute approximate surface area is 154 Å². The second-order valence-electron chi connectivity index (χ2n) is 6.99. The van der Waals surface area contributed by atoms with Gasteiger partial charge >= 0.3 is 11.9 Å². The smallest absolute Gasteiger partial charge is 0.312 e. The first-order valence-corrected chi connectivity index (χ1v) is 8.92. The molecule has 0 N–H and O–H groups in total. The molecule has 1 aliphatic carbocycles. The first kappa shape index (κ1) is 18.2. The van der Waals surface area contributed by atoms with Crippen LogP contribution < -0.4 is 0 Å². The fourth-order valence-corrected chi connectivity index (χ4v) is 3.57. The molecule has 0 aromatic heterocycles. The van der Waals surface area contributed by atoms with E-state index in [1.165, 1.54) is 29.4 Å². The molecule has 1 unspecified atom stereocenters. The number of hydrogen-bond acceptors (Lipinski definition) is 4. The van der Waals surface area contributed by atoms with Crippen LogP contribution in [0.4, 0.5) is 0 Å². The van der Waals surface area contributed by atoms with Gasteiger partial charge in [-0.25, -0.2) is 0 Å². The van der Waals surface area contributed by atoms with E-state index in [0.717, 1.165) is 0 Å². The van der Waals surface area contributed by atoms with Gasteiger partial charge < -0.3 is 9.47 Å². The first-order chi connectivity index (χ1) is 12.5. The van der Waals surface area contributed by atoms with Crippen molar-refractivity contribution in [2.45, 2.75) is 32.6 Å². The van der Waals surface area contributed by atoms with E-state index in [-0.39, 0.29) is 30.9 Å². The third-order valence-corrected chi connectivity index (χ3v) is 5.37. The summed E-state index contributed by atoms with van der Waals surface area (Å²) in [6, 6.07) is 16.4. The van der Waals surface area contributed by atoms with E-state index >= 15 is 0 Å². The normalized spacial score (nSPS) is 14.9. The number of benzene rings is 2. The van der Waals surface area contributed by atoms with Crippen molar-refractivity contribution in [1.29, 1.82) is 0 Å². The van der Waals surface area contributed by atoms with Gasteiger partial charge in [-0.15, -0.1) is 0 Å². The quantitative estimate of drug-likeness (QED) is 0.727. The Kier molecular flexibility index (Phi) is 5.12. The van der Waals surface area contributed by atoms with Crippen molar-refractivity contribution in [1.82, 2.24) is 0 Å². The summed E-state index contributed by atoms with van der Waals surface area (Å²) >= 11 is 0. The van der Waals surface area contributed by atoms with Crippen LogP contribution in [-0.2, 0) is 19.1 Å². The van der Waals surface area contributed by atoms with Gasteiger partial charge in [-0.1, -0.05) is 55.5 Å². The lowest BCUT2D eigenvalue weighted by atomic mass is 9.84. The molecular formula is C22H24O4. The van der Waals surface area contributed by atoms with Crippen molar-refractivity contribution < 1.29 is 19.1 Å². The average molecular weight is 352 g/mol. The highest BCUT2D eigenvalue weighted by atomic mass is 16.5. The van der Waals surface area contributed by atoms with E-state index < -0.39 is 5.41 Å². The number of carbonyl (C=O) groups is 2. The van der Waals surface area contributed by atoms with Crippen LogP contribution in [-0.4, -0.2) is 25.7 Å². The molecule has 2 aromatic rings. The number of ether oxygens (including phenoxy) is 2. The second-order valence-corrected chi connectivity index (χ2v) is 6.99. The molecule has 0 saturated carbocycles. The number of hydrogen-bond donors (Lipinski definition) is 0. The van der Waals surface area contributed by atoms with Crippen LogP contribution in [0.15, 0.2) is 48.5 Å². The van der Waals surface area contributed by atoms with Gasteiger partial charge in [-0.3, -0.25) is 9.59 Å². The fourth-order valence-electron chi connectivity index (χ4n) is 3.57. The van der Waals surface area contributed by atoms with Gasteiger partial charge in [0.2, 0.25) is 0 Å². The highest BCUT2D eigenvalue weighted by Crippen LogP contribution is 2.44. The Hall–Kier alpha value is -2.62. The summed E-state index contributed by atoms with van der Waals surface area (Å²) in [6.45, 7) is 3.88. The summed E-state index contributed by atoms with van der Waals surface area (Å²) in [5.74, 6) is -0.729. The summed E-state index contributed by atoms with van der Waals surface area (Å²) < 4.78 is 10.4. The fraction of sp³-hybridized carbons (Fsp3) is 0.364. The van der Waals surface area contributed by atoms with E-state index in [1.54, 1.807) is 6.92 Å². The van der Waals surface area contributed by atoms with Crippen LogP contribution in [0.1, 0.15) is 43.7 Å². The van der Waals surface area contributed by atoms with E-state index in [1.807, 2.05) is 31.2 Å². The van der Waals surface area contributed by atoms with Gasteiger partial charge in [-0.05, 0) is 35.6 Å². The number of esters is 2. The van der Waals surface area contributed by atoms with Gasteiger partial charge in [0.05, 0.1) is 18.9 Å². The number of rotatable bonds is 6. The second kappa shape index (κ2) is 7.32. The Morgan fingerprint density at radius 2 is 1.54 bits per heavy atom. The van der Waals surface area contributed by atoms with Gasteiger partial charge in [0.25, 0.3) is 0 Å². The predicted molar refractivity (Wildman–Crippen MR) is 99.7 cm³/mol. The highest BCUT2D eigenvalue weighted by Gasteiger charge is 2.36. The number of methoxy groups -OCH3 is 1. The summed E-state index contributed by atoms with van der Waals surface area (Å²) in [7, 11) is 1.34. The third kappa shape index (κ3) is 3.24. The van der Waals surface area contributed by atoms with E-state index in [2.05, 4.69) is 24.3 Å². The topological polar surface area (TPSA) is 52.6 Å². The number of fused-ring (bicyclic) bond motifs is 3. The molecule has 1 aliphatic rings. The van der Waals surface area contributed by atoms with Crippen LogP contribution in [0.3, 0.4) is 0 Å². The van der Waals surface area contributed by atoms with Crippen molar-refractivity contribution in [3.8, 4) is 11.1 Å². The molecule has 0 saturated heterocycles.